The molecule has 0 amide bonds. The van der Waals surface area contributed by atoms with Crippen molar-refractivity contribution in [3.63, 3.8) is 0 Å². The summed E-state index contributed by atoms with van der Waals surface area (Å²) in [4.78, 5) is 25.9. The van der Waals surface area contributed by atoms with E-state index < -0.39 is 84.5 Å². The molecule has 2 heterocycles. The van der Waals surface area contributed by atoms with E-state index in [2.05, 4.69) is 0 Å². The first-order valence-electron chi connectivity index (χ1n) is 11.2. The zero-order valence-corrected chi connectivity index (χ0v) is 18.4. The van der Waals surface area contributed by atoms with Gasteiger partial charge in [0.25, 0.3) is 0 Å². The van der Waals surface area contributed by atoms with Crippen LogP contribution in [-0.4, -0.2) is 98.7 Å². The van der Waals surface area contributed by atoms with E-state index in [1.165, 1.54) is 0 Å². The number of carbonyl (C=O) groups excluding carboxylic acids is 2. The van der Waals surface area contributed by atoms with Gasteiger partial charge in [0, 0.05) is 12.3 Å². The smallest absolute Gasteiger partial charge is 0.338 e. The Morgan fingerprint density at radius 3 is 2.47 bits per heavy atom. The summed E-state index contributed by atoms with van der Waals surface area (Å²) in [5.41, 5.74) is -4.08. The average molecular weight is 480 g/mol. The minimum atomic E-state index is -1.69. The number of rotatable bonds is 6. The number of hydrogen-bond acceptors (Lipinski definition) is 11. The highest BCUT2D eigenvalue weighted by atomic mass is 16.7. The third kappa shape index (κ3) is 2.95. The zero-order chi connectivity index (χ0) is 24.5. The molecule has 6 rings (SSSR count). The lowest BCUT2D eigenvalue weighted by Crippen LogP contribution is -2.80. The van der Waals surface area contributed by atoms with E-state index >= 15 is 0 Å². The number of esters is 2. The fourth-order valence-electron chi connectivity index (χ4n) is 6.19. The third-order valence-corrected chi connectivity index (χ3v) is 8.07. The van der Waals surface area contributed by atoms with Crippen LogP contribution in [0.2, 0.25) is 0 Å². The van der Waals surface area contributed by atoms with Gasteiger partial charge < -0.3 is 44.5 Å². The Morgan fingerprint density at radius 1 is 1.09 bits per heavy atom. The molecule has 3 saturated carbocycles. The molecule has 10 atom stereocenters. The van der Waals surface area contributed by atoms with Gasteiger partial charge in [0.15, 0.2) is 6.29 Å². The Bertz CT molecular complexity index is 969. The Kier molecular flexibility index (Phi) is 5.52. The maximum absolute atomic E-state index is 13.2. The van der Waals surface area contributed by atoms with Gasteiger partial charge in [0.1, 0.15) is 47.6 Å². The van der Waals surface area contributed by atoms with Crippen molar-refractivity contribution in [2.24, 2.45) is 11.3 Å². The maximum Gasteiger partial charge on any atom is 0.338 e. The summed E-state index contributed by atoms with van der Waals surface area (Å²) in [5, 5.41) is 51.0. The molecule has 2 aliphatic heterocycles. The first-order chi connectivity index (χ1) is 16.1. The Labute approximate surface area is 194 Å². The van der Waals surface area contributed by atoms with E-state index in [9.17, 15) is 35.1 Å². The lowest BCUT2D eigenvalue weighted by atomic mass is 9.40. The fraction of sp³-hybridized carbons (Fsp3) is 0.652. The SMILES string of the molecule is C[C@]12C[C@@H](O)[C@@H]3C[C@]1(OC1OC(CO)C(O)C(O)C1O)C3(COC(=O)c1ccccc1)C(=O)O2. The third-order valence-electron chi connectivity index (χ3n) is 8.07. The summed E-state index contributed by atoms with van der Waals surface area (Å²) in [6.45, 7) is 0.508. The van der Waals surface area contributed by atoms with Crippen molar-refractivity contribution in [3.05, 3.63) is 35.9 Å². The van der Waals surface area contributed by atoms with Crippen LogP contribution in [0, 0.1) is 11.3 Å². The summed E-state index contributed by atoms with van der Waals surface area (Å²) in [7, 11) is 0. The normalized spacial score (nSPS) is 47.0. The van der Waals surface area contributed by atoms with Gasteiger partial charge in [-0.15, -0.1) is 0 Å². The molecule has 1 aromatic carbocycles. The first-order valence-corrected chi connectivity index (χ1v) is 11.2. The van der Waals surface area contributed by atoms with Crippen LogP contribution in [0.25, 0.3) is 0 Å². The van der Waals surface area contributed by atoms with Gasteiger partial charge >= 0.3 is 11.9 Å². The van der Waals surface area contributed by atoms with Crippen LogP contribution in [-0.2, 0) is 23.7 Å². The second-order valence-electron chi connectivity index (χ2n) is 9.76. The molecule has 2 saturated heterocycles. The second kappa shape index (κ2) is 7.95. The average Bonchev–Trinajstić information content (AvgIpc) is 2.88. The molecule has 1 aromatic rings. The molecule has 6 unspecified atom stereocenters. The molecule has 0 spiro atoms. The summed E-state index contributed by atoms with van der Waals surface area (Å²) in [5.74, 6) is -2.00. The number of carbonyl (C=O) groups is 2. The second-order valence-corrected chi connectivity index (χ2v) is 9.76. The van der Waals surface area contributed by atoms with Gasteiger partial charge in [-0.05, 0) is 25.5 Å². The fourth-order valence-corrected chi connectivity index (χ4v) is 6.19. The molecular weight excluding hydrogens is 452 g/mol. The van der Waals surface area contributed by atoms with E-state index in [0.717, 1.165) is 0 Å². The monoisotopic (exact) mass is 480 g/mol. The van der Waals surface area contributed by atoms with E-state index in [0.29, 0.717) is 0 Å². The molecule has 5 fully saturated rings. The predicted molar refractivity (Wildman–Crippen MR) is 110 cm³/mol. The predicted octanol–water partition coefficient (Wildman–Crippen LogP) is -1.51. The molecule has 0 aromatic heterocycles. The van der Waals surface area contributed by atoms with Gasteiger partial charge in [0.2, 0.25) is 0 Å². The van der Waals surface area contributed by atoms with Gasteiger partial charge in [-0.3, -0.25) is 4.79 Å². The van der Waals surface area contributed by atoms with Gasteiger partial charge in [-0.2, -0.15) is 0 Å². The van der Waals surface area contributed by atoms with E-state index in [4.69, 9.17) is 18.9 Å². The highest BCUT2D eigenvalue weighted by molar-refractivity contribution is 5.90. The lowest BCUT2D eigenvalue weighted by Gasteiger charge is -2.66. The van der Waals surface area contributed by atoms with Crippen molar-refractivity contribution in [3.8, 4) is 0 Å². The van der Waals surface area contributed by atoms with Crippen molar-refractivity contribution in [1.29, 1.82) is 0 Å². The molecule has 11 nitrogen and oxygen atoms in total. The standard InChI is InChI=1S/C23H28O11/c1-21-8-13(25)12-7-23(21,33-19-17(28)16(27)15(26)14(9-24)32-19)22(12,20(30)34-21)10-31-18(29)11-5-3-2-4-6-11/h2-6,12-17,19,24-28H,7-10H2,1H3/t12-,13+,14?,15?,16?,17?,19?,21-,22?,23+/m0/s1. The van der Waals surface area contributed by atoms with Crippen LogP contribution in [0.3, 0.4) is 0 Å². The number of hydrogen-bond donors (Lipinski definition) is 5. The topological polar surface area (TPSA) is 172 Å². The number of fused-ring (bicyclic) bond motifs is 1. The van der Waals surface area contributed by atoms with Crippen molar-refractivity contribution >= 4 is 11.9 Å². The molecule has 4 bridgehead atoms. The number of benzene rings is 1. The Balaban J connectivity index is 1.46. The van der Waals surface area contributed by atoms with Crippen molar-refractivity contribution < 1.29 is 54.1 Å². The summed E-state index contributed by atoms with van der Waals surface area (Å²) in [6.07, 6.45) is -8.41. The van der Waals surface area contributed by atoms with Crippen LogP contribution >= 0.6 is 0 Å². The molecule has 186 valence electrons. The molecule has 3 aliphatic carbocycles. The molecular formula is C23H28O11. The first kappa shape index (κ1) is 23.6. The van der Waals surface area contributed by atoms with Crippen LogP contribution in [0.1, 0.15) is 30.1 Å². The van der Waals surface area contributed by atoms with Crippen LogP contribution < -0.4 is 0 Å². The Hall–Kier alpha value is -2.12. The molecule has 34 heavy (non-hydrogen) atoms. The highest BCUT2D eigenvalue weighted by Gasteiger charge is 2.88. The van der Waals surface area contributed by atoms with Crippen LogP contribution in [0.4, 0.5) is 0 Å². The summed E-state index contributed by atoms with van der Waals surface area (Å²) < 4.78 is 22.9. The van der Waals surface area contributed by atoms with Crippen LogP contribution in [0.15, 0.2) is 30.3 Å². The largest absolute Gasteiger partial charge is 0.461 e. The molecule has 5 aliphatic rings. The zero-order valence-electron chi connectivity index (χ0n) is 18.4. The van der Waals surface area contributed by atoms with Crippen molar-refractivity contribution in [2.75, 3.05) is 13.2 Å². The Morgan fingerprint density at radius 2 is 1.79 bits per heavy atom. The number of aliphatic hydroxyl groups excluding tert-OH is 5. The van der Waals surface area contributed by atoms with E-state index in [1.807, 2.05) is 0 Å². The lowest BCUT2D eigenvalue weighted by molar-refractivity contribution is -0.394. The molecule has 11 heteroatoms. The van der Waals surface area contributed by atoms with Gasteiger partial charge in [-0.1, -0.05) is 18.2 Å². The summed E-state index contributed by atoms with van der Waals surface area (Å²) in [6, 6.07) is 8.20. The van der Waals surface area contributed by atoms with Crippen molar-refractivity contribution in [1.82, 2.24) is 0 Å². The van der Waals surface area contributed by atoms with Crippen molar-refractivity contribution in [2.45, 2.75) is 67.8 Å². The maximum atomic E-state index is 13.2. The highest BCUT2D eigenvalue weighted by Crippen LogP contribution is 2.73. The molecule has 0 radical (unpaired) electrons. The van der Waals surface area contributed by atoms with E-state index in [-0.39, 0.29) is 18.4 Å². The van der Waals surface area contributed by atoms with Gasteiger partial charge in [-0.25, -0.2) is 4.79 Å². The quantitative estimate of drug-likeness (QED) is 0.300. The molecule has 5 N–H and O–H groups in total. The van der Waals surface area contributed by atoms with Gasteiger partial charge in [0.05, 0.1) is 18.3 Å². The number of aliphatic hydroxyl groups is 5. The minimum Gasteiger partial charge on any atom is -0.461 e. The minimum absolute atomic E-state index is 0.0508. The number of ether oxygens (including phenoxy) is 4. The van der Waals surface area contributed by atoms with Crippen LogP contribution in [0.5, 0.6) is 0 Å². The van der Waals surface area contributed by atoms with E-state index in [1.54, 1.807) is 37.3 Å². The summed E-state index contributed by atoms with van der Waals surface area (Å²) >= 11 is 0.